The number of carbonyl (C=O) groups is 1. The maximum absolute atomic E-state index is 13.4. The molecule has 6 nitrogen and oxygen atoms in total. The van der Waals surface area contributed by atoms with Crippen molar-refractivity contribution < 1.29 is 17.6 Å². The maximum atomic E-state index is 13.4. The molecule has 0 aromatic heterocycles. The minimum Gasteiger partial charge on any atom is -0.334 e. The van der Waals surface area contributed by atoms with Crippen LogP contribution >= 0.6 is 0 Å². The number of nitrogens with zero attached hydrogens (tertiary/aromatic N) is 2. The molecule has 1 atom stereocenters. The first-order valence-electron chi connectivity index (χ1n) is 10.8. The van der Waals surface area contributed by atoms with Gasteiger partial charge in [0.05, 0.1) is 4.90 Å². The van der Waals surface area contributed by atoms with Gasteiger partial charge in [-0.25, -0.2) is 12.8 Å². The lowest BCUT2D eigenvalue weighted by Gasteiger charge is -2.28. The molecule has 2 fully saturated rings. The fourth-order valence-corrected chi connectivity index (χ4v) is 5.54. The van der Waals surface area contributed by atoms with E-state index < -0.39 is 15.8 Å². The standard InChI is InChI=1S/C23H28FN3O3S/c1-17-15-21(10-11-22(17)24)31(29,30)25-19-8-6-18(7-9-19)23(28)27-14-4-5-20(27)16-26-12-2-3-13-26/h6-11,15,20,25H,2-5,12-14,16H2,1H3. The van der Waals surface area contributed by atoms with Crippen molar-refractivity contribution >= 4 is 21.6 Å². The summed E-state index contributed by atoms with van der Waals surface area (Å²) in [4.78, 5) is 17.4. The highest BCUT2D eigenvalue weighted by Crippen LogP contribution is 2.24. The molecule has 0 radical (unpaired) electrons. The van der Waals surface area contributed by atoms with Gasteiger partial charge in [0.25, 0.3) is 15.9 Å². The first-order valence-corrected chi connectivity index (χ1v) is 12.2. The van der Waals surface area contributed by atoms with Crippen LogP contribution in [0.1, 0.15) is 41.6 Å². The van der Waals surface area contributed by atoms with Crippen molar-refractivity contribution in [1.29, 1.82) is 0 Å². The monoisotopic (exact) mass is 445 g/mol. The highest BCUT2D eigenvalue weighted by atomic mass is 32.2. The van der Waals surface area contributed by atoms with Crippen molar-refractivity contribution in [3.63, 3.8) is 0 Å². The van der Waals surface area contributed by atoms with Gasteiger partial charge in [-0.15, -0.1) is 0 Å². The second-order valence-corrected chi connectivity index (χ2v) is 10.1. The number of hydrogen-bond donors (Lipinski definition) is 1. The molecule has 1 amide bonds. The van der Waals surface area contributed by atoms with Gasteiger partial charge < -0.3 is 9.80 Å². The minimum absolute atomic E-state index is 0.00614. The van der Waals surface area contributed by atoms with Crippen LogP contribution in [0.2, 0.25) is 0 Å². The zero-order chi connectivity index (χ0) is 22.0. The summed E-state index contributed by atoms with van der Waals surface area (Å²) in [7, 11) is -3.84. The predicted molar refractivity (Wildman–Crippen MR) is 118 cm³/mol. The van der Waals surface area contributed by atoms with Gasteiger partial charge in [-0.1, -0.05) is 0 Å². The molecule has 2 saturated heterocycles. The second kappa shape index (κ2) is 8.96. The molecule has 1 N–H and O–H groups in total. The lowest BCUT2D eigenvalue weighted by Crippen LogP contribution is -2.42. The van der Waals surface area contributed by atoms with E-state index in [2.05, 4.69) is 9.62 Å². The van der Waals surface area contributed by atoms with Gasteiger partial charge in [0.1, 0.15) is 5.82 Å². The number of hydrogen-bond acceptors (Lipinski definition) is 4. The summed E-state index contributed by atoms with van der Waals surface area (Å²) in [5.74, 6) is -0.461. The predicted octanol–water partition coefficient (Wildman–Crippen LogP) is 3.64. The van der Waals surface area contributed by atoms with Crippen LogP contribution in [0.4, 0.5) is 10.1 Å². The van der Waals surface area contributed by atoms with Crippen LogP contribution < -0.4 is 4.72 Å². The SMILES string of the molecule is Cc1cc(S(=O)(=O)Nc2ccc(C(=O)N3CCCC3CN3CCCC3)cc2)ccc1F. The number of anilines is 1. The van der Waals surface area contributed by atoms with Crippen molar-refractivity contribution in [3.8, 4) is 0 Å². The minimum atomic E-state index is -3.84. The highest BCUT2D eigenvalue weighted by Gasteiger charge is 2.31. The molecule has 166 valence electrons. The van der Waals surface area contributed by atoms with E-state index in [9.17, 15) is 17.6 Å². The van der Waals surface area contributed by atoms with Crippen LogP contribution in [0, 0.1) is 12.7 Å². The second-order valence-electron chi connectivity index (χ2n) is 8.40. The zero-order valence-corrected chi connectivity index (χ0v) is 18.5. The van der Waals surface area contributed by atoms with Gasteiger partial charge in [-0.05, 0) is 93.7 Å². The van der Waals surface area contributed by atoms with Crippen molar-refractivity contribution in [3.05, 3.63) is 59.4 Å². The molecular weight excluding hydrogens is 417 g/mol. The number of likely N-dealkylation sites (tertiary alicyclic amines) is 2. The number of carbonyl (C=O) groups excluding carboxylic acids is 1. The molecule has 31 heavy (non-hydrogen) atoms. The summed E-state index contributed by atoms with van der Waals surface area (Å²) >= 11 is 0. The molecular formula is C23H28FN3O3S. The van der Waals surface area contributed by atoms with Gasteiger partial charge in [0.15, 0.2) is 0 Å². The Morgan fingerprint density at radius 1 is 1.06 bits per heavy atom. The van der Waals surface area contributed by atoms with Crippen LogP contribution in [0.5, 0.6) is 0 Å². The van der Waals surface area contributed by atoms with E-state index in [4.69, 9.17) is 0 Å². The molecule has 0 saturated carbocycles. The summed E-state index contributed by atoms with van der Waals surface area (Å²) in [6, 6.07) is 10.4. The quantitative estimate of drug-likeness (QED) is 0.737. The summed E-state index contributed by atoms with van der Waals surface area (Å²) in [5.41, 5.74) is 1.17. The average molecular weight is 446 g/mol. The number of halogens is 1. The summed E-state index contributed by atoms with van der Waals surface area (Å²) in [5, 5.41) is 0. The number of aryl methyl sites for hydroxylation is 1. The lowest BCUT2D eigenvalue weighted by molar-refractivity contribution is 0.0709. The van der Waals surface area contributed by atoms with Crippen molar-refractivity contribution in [2.24, 2.45) is 0 Å². The Morgan fingerprint density at radius 3 is 2.45 bits per heavy atom. The largest absolute Gasteiger partial charge is 0.334 e. The molecule has 0 bridgehead atoms. The van der Waals surface area contributed by atoms with Crippen molar-refractivity contribution in [2.75, 3.05) is 30.9 Å². The Balaban J connectivity index is 1.43. The number of nitrogens with one attached hydrogen (secondary N) is 1. The van der Waals surface area contributed by atoms with E-state index in [1.54, 1.807) is 24.3 Å². The van der Waals surface area contributed by atoms with E-state index in [-0.39, 0.29) is 22.4 Å². The van der Waals surface area contributed by atoms with Gasteiger partial charge in [-0.2, -0.15) is 0 Å². The number of amides is 1. The number of rotatable bonds is 6. The van der Waals surface area contributed by atoms with Crippen LogP contribution in [-0.4, -0.2) is 56.3 Å². The van der Waals surface area contributed by atoms with Gasteiger partial charge in [0, 0.05) is 30.4 Å². The topological polar surface area (TPSA) is 69.7 Å². The van der Waals surface area contributed by atoms with Crippen LogP contribution in [0.3, 0.4) is 0 Å². The summed E-state index contributed by atoms with van der Waals surface area (Å²) < 4.78 is 41.1. The Hall–Kier alpha value is -2.45. The molecule has 2 aliphatic heterocycles. The first kappa shape index (κ1) is 21.8. The Kier molecular flexibility index (Phi) is 6.29. The average Bonchev–Trinajstić information content (AvgIpc) is 3.42. The Bertz CT molecular complexity index is 1050. The molecule has 2 heterocycles. The normalized spacial score (nSPS) is 19.7. The van der Waals surface area contributed by atoms with Gasteiger partial charge in [0.2, 0.25) is 0 Å². The van der Waals surface area contributed by atoms with Crippen LogP contribution in [0.15, 0.2) is 47.4 Å². The van der Waals surface area contributed by atoms with Gasteiger partial charge in [-0.3, -0.25) is 9.52 Å². The number of sulfonamides is 1. The lowest BCUT2D eigenvalue weighted by atomic mass is 10.1. The van der Waals surface area contributed by atoms with E-state index in [1.807, 2.05) is 4.90 Å². The van der Waals surface area contributed by atoms with Crippen LogP contribution in [0.25, 0.3) is 0 Å². The van der Waals surface area contributed by atoms with Crippen molar-refractivity contribution in [2.45, 2.75) is 43.5 Å². The van der Waals surface area contributed by atoms with E-state index in [0.29, 0.717) is 11.3 Å². The maximum Gasteiger partial charge on any atom is 0.261 e. The molecule has 2 aromatic carbocycles. The van der Waals surface area contributed by atoms with E-state index in [0.717, 1.165) is 45.1 Å². The molecule has 0 spiro atoms. The van der Waals surface area contributed by atoms with Gasteiger partial charge >= 0.3 is 0 Å². The third-order valence-electron chi connectivity index (χ3n) is 6.13. The first-order chi connectivity index (χ1) is 14.8. The third-order valence-corrected chi connectivity index (χ3v) is 7.51. The molecule has 1 unspecified atom stereocenters. The molecule has 2 aliphatic rings. The Labute approximate surface area is 183 Å². The van der Waals surface area contributed by atoms with Crippen LogP contribution in [-0.2, 0) is 10.0 Å². The summed E-state index contributed by atoms with van der Waals surface area (Å²) in [6.45, 7) is 5.43. The van der Waals surface area contributed by atoms with E-state index in [1.165, 1.54) is 31.9 Å². The van der Waals surface area contributed by atoms with E-state index >= 15 is 0 Å². The third kappa shape index (κ3) is 4.91. The van der Waals surface area contributed by atoms with Crippen molar-refractivity contribution in [1.82, 2.24) is 9.80 Å². The fourth-order valence-electron chi connectivity index (χ4n) is 4.40. The summed E-state index contributed by atoms with van der Waals surface area (Å²) in [6.07, 6.45) is 4.50. The highest BCUT2D eigenvalue weighted by molar-refractivity contribution is 7.92. The Morgan fingerprint density at radius 2 is 1.77 bits per heavy atom. The number of benzene rings is 2. The molecule has 0 aliphatic carbocycles. The molecule has 8 heteroatoms. The molecule has 4 rings (SSSR count). The molecule has 2 aromatic rings. The fraction of sp³-hybridized carbons (Fsp3) is 0.435. The smallest absolute Gasteiger partial charge is 0.261 e. The zero-order valence-electron chi connectivity index (χ0n) is 17.7.